The maximum atomic E-state index is 14.5. The first-order valence-electron chi connectivity index (χ1n) is 8.17. The van der Waals surface area contributed by atoms with E-state index in [-0.39, 0.29) is 22.3 Å². The van der Waals surface area contributed by atoms with Crippen molar-refractivity contribution in [3.05, 3.63) is 46.2 Å². The number of benzene rings is 1. The van der Waals surface area contributed by atoms with E-state index in [1.54, 1.807) is 0 Å². The first-order chi connectivity index (χ1) is 13.5. The molecule has 0 saturated carbocycles. The number of hydrogen-bond acceptors (Lipinski definition) is 6. The zero-order chi connectivity index (χ0) is 21.4. The second-order valence-corrected chi connectivity index (χ2v) is 9.24. The summed E-state index contributed by atoms with van der Waals surface area (Å²) in [6.07, 6.45) is -2.53. The molecule has 0 spiro atoms. The van der Waals surface area contributed by atoms with Crippen molar-refractivity contribution in [3.8, 4) is 0 Å². The van der Waals surface area contributed by atoms with Crippen LogP contribution in [0.1, 0.15) is 12.8 Å². The Morgan fingerprint density at radius 3 is 2.66 bits per heavy atom. The minimum atomic E-state index is -4.49. The van der Waals surface area contributed by atoms with Crippen LogP contribution in [0.4, 0.5) is 28.4 Å². The van der Waals surface area contributed by atoms with Crippen LogP contribution in [0, 0.1) is 5.82 Å². The molecule has 2 atom stereocenters. The van der Waals surface area contributed by atoms with Crippen LogP contribution in [0.3, 0.4) is 0 Å². The maximum absolute atomic E-state index is 14.5. The number of rotatable bonds is 5. The normalized spacial score (nSPS) is 20.3. The Hall–Kier alpha value is -1.89. The minimum Gasteiger partial charge on any atom is -0.379 e. The van der Waals surface area contributed by atoms with Crippen LogP contribution < -0.4 is 15.8 Å². The molecule has 0 bridgehead atoms. The number of halogens is 5. The van der Waals surface area contributed by atoms with Gasteiger partial charge in [0.1, 0.15) is 10.7 Å². The largest absolute Gasteiger partial charge is 0.412 e. The highest BCUT2D eigenvalue weighted by molar-refractivity contribution is 7.93. The van der Waals surface area contributed by atoms with Gasteiger partial charge in [-0.3, -0.25) is 4.72 Å². The number of nitrogens with one attached hydrogen (secondary N) is 2. The molecule has 0 aliphatic heterocycles. The molecule has 0 radical (unpaired) electrons. The number of sulfonamides is 1. The van der Waals surface area contributed by atoms with E-state index < -0.39 is 51.0 Å². The Morgan fingerprint density at radius 1 is 1.31 bits per heavy atom. The van der Waals surface area contributed by atoms with E-state index >= 15 is 0 Å². The number of hydrogen-bond donors (Lipinski definition) is 3. The van der Waals surface area contributed by atoms with Crippen molar-refractivity contribution in [2.24, 2.45) is 5.73 Å². The molecule has 158 valence electrons. The fraction of sp³-hybridized carbons (Fsp3) is 0.312. The Bertz CT molecular complexity index is 1030. The van der Waals surface area contributed by atoms with Crippen LogP contribution in [-0.4, -0.2) is 31.7 Å². The lowest BCUT2D eigenvalue weighted by Gasteiger charge is -2.31. The Balaban J connectivity index is 1.83. The van der Waals surface area contributed by atoms with Crippen LogP contribution in [0.5, 0.6) is 0 Å². The zero-order valence-electron chi connectivity index (χ0n) is 14.5. The quantitative estimate of drug-likeness (QED) is 0.451. The van der Waals surface area contributed by atoms with Gasteiger partial charge in [-0.05, 0) is 25.0 Å². The molecule has 1 aliphatic rings. The van der Waals surface area contributed by atoms with E-state index in [1.165, 1.54) is 11.6 Å². The Kier molecular flexibility index (Phi) is 6.08. The number of alkyl halides is 3. The highest BCUT2D eigenvalue weighted by atomic mass is 35.5. The SMILES string of the molecule is N[C@H]1CC=C(C(F)(F)F)C[C@@H]1Nc1cc(F)c(S(=O)(=O)Nc2nccs2)cc1Cl. The van der Waals surface area contributed by atoms with E-state index in [0.29, 0.717) is 0 Å². The van der Waals surface area contributed by atoms with E-state index in [9.17, 15) is 26.0 Å². The molecule has 0 unspecified atom stereocenters. The van der Waals surface area contributed by atoms with Crippen molar-refractivity contribution in [2.75, 3.05) is 10.0 Å². The number of nitrogens with two attached hydrogens (primary N) is 1. The molecule has 29 heavy (non-hydrogen) atoms. The second-order valence-electron chi connectivity index (χ2n) is 6.29. The van der Waals surface area contributed by atoms with Gasteiger partial charge < -0.3 is 11.1 Å². The molecular formula is C16H15ClF4N4O2S2. The van der Waals surface area contributed by atoms with Gasteiger partial charge in [0.2, 0.25) is 0 Å². The Morgan fingerprint density at radius 2 is 2.03 bits per heavy atom. The average molecular weight is 471 g/mol. The fourth-order valence-electron chi connectivity index (χ4n) is 2.79. The van der Waals surface area contributed by atoms with Gasteiger partial charge in [0.15, 0.2) is 5.13 Å². The standard InChI is InChI=1S/C16H15ClF4N4O2S2/c17-9-6-14(29(26,27)25-15-23-3-4-28-15)10(18)7-12(9)24-13-5-8(16(19,20)21)1-2-11(13)22/h1,3-4,6-7,11,13,24H,2,5,22H2,(H,23,25)/t11-,13-/m0/s1. The third kappa shape index (κ3) is 5.00. The monoisotopic (exact) mass is 470 g/mol. The number of anilines is 2. The summed E-state index contributed by atoms with van der Waals surface area (Å²) in [6.45, 7) is 0. The zero-order valence-corrected chi connectivity index (χ0v) is 16.9. The summed E-state index contributed by atoms with van der Waals surface area (Å²) in [5.74, 6) is -1.13. The molecule has 1 heterocycles. The van der Waals surface area contributed by atoms with E-state index in [2.05, 4.69) is 15.0 Å². The molecular weight excluding hydrogens is 456 g/mol. The summed E-state index contributed by atoms with van der Waals surface area (Å²) < 4.78 is 80.3. The molecule has 1 aromatic heterocycles. The van der Waals surface area contributed by atoms with Crippen LogP contribution in [0.25, 0.3) is 0 Å². The molecule has 3 rings (SSSR count). The van der Waals surface area contributed by atoms with Crippen molar-refractivity contribution < 1.29 is 26.0 Å². The summed E-state index contributed by atoms with van der Waals surface area (Å²) in [4.78, 5) is 3.04. The van der Waals surface area contributed by atoms with Crippen molar-refractivity contribution in [1.82, 2.24) is 4.98 Å². The van der Waals surface area contributed by atoms with E-state index in [1.807, 2.05) is 0 Å². The Labute approximate surface area is 172 Å². The summed E-state index contributed by atoms with van der Waals surface area (Å²) in [7, 11) is -4.30. The lowest BCUT2D eigenvalue weighted by molar-refractivity contribution is -0.0955. The summed E-state index contributed by atoms with van der Waals surface area (Å²) in [6, 6.07) is 0.181. The van der Waals surface area contributed by atoms with Crippen LogP contribution in [-0.2, 0) is 10.0 Å². The van der Waals surface area contributed by atoms with Crippen molar-refractivity contribution >= 4 is 43.8 Å². The molecule has 6 nitrogen and oxygen atoms in total. The summed E-state index contributed by atoms with van der Waals surface area (Å²) >= 11 is 7.07. The molecule has 13 heteroatoms. The van der Waals surface area contributed by atoms with E-state index in [4.69, 9.17) is 17.3 Å². The minimum absolute atomic E-state index is 0.0171. The molecule has 4 N–H and O–H groups in total. The highest BCUT2D eigenvalue weighted by Gasteiger charge is 2.38. The first kappa shape index (κ1) is 21.8. The molecule has 0 amide bonds. The van der Waals surface area contributed by atoms with Crippen LogP contribution in [0.2, 0.25) is 5.02 Å². The molecule has 0 saturated heterocycles. The summed E-state index contributed by atoms with van der Waals surface area (Å²) in [5.41, 5.74) is 5.08. The van der Waals surface area contributed by atoms with Gasteiger partial charge in [-0.15, -0.1) is 11.3 Å². The van der Waals surface area contributed by atoms with Crippen molar-refractivity contribution in [2.45, 2.75) is 36.0 Å². The predicted molar refractivity (Wildman–Crippen MR) is 103 cm³/mol. The van der Waals surface area contributed by atoms with E-state index in [0.717, 1.165) is 29.5 Å². The first-order valence-corrected chi connectivity index (χ1v) is 10.9. The van der Waals surface area contributed by atoms with Gasteiger partial charge in [-0.1, -0.05) is 17.7 Å². The van der Waals surface area contributed by atoms with Gasteiger partial charge in [0.05, 0.1) is 10.7 Å². The topological polar surface area (TPSA) is 97.1 Å². The van der Waals surface area contributed by atoms with Gasteiger partial charge in [-0.2, -0.15) is 13.2 Å². The van der Waals surface area contributed by atoms with Crippen LogP contribution >= 0.6 is 22.9 Å². The third-order valence-corrected chi connectivity index (χ3v) is 6.75. The predicted octanol–water partition coefficient (Wildman–Crippen LogP) is 4.13. The van der Waals surface area contributed by atoms with Crippen molar-refractivity contribution in [3.63, 3.8) is 0 Å². The van der Waals surface area contributed by atoms with Gasteiger partial charge in [-0.25, -0.2) is 17.8 Å². The van der Waals surface area contributed by atoms with Gasteiger partial charge in [0.25, 0.3) is 10.0 Å². The molecule has 2 aromatic rings. The maximum Gasteiger partial charge on any atom is 0.412 e. The lowest BCUT2D eigenvalue weighted by Crippen LogP contribution is -2.43. The smallest absolute Gasteiger partial charge is 0.379 e. The number of nitrogens with zero attached hydrogens (tertiary/aromatic N) is 1. The lowest BCUT2D eigenvalue weighted by atomic mass is 9.90. The average Bonchev–Trinajstić information content (AvgIpc) is 3.10. The highest BCUT2D eigenvalue weighted by Crippen LogP contribution is 2.36. The number of aromatic nitrogens is 1. The van der Waals surface area contributed by atoms with Gasteiger partial charge >= 0.3 is 6.18 Å². The second kappa shape index (κ2) is 8.09. The van der Waals surface area contributed by atoms with Crippen molar-refractivity contribution in [1.29, 1.82) is 0 Å². The van der Waals surface area contributed by atoms with Crippen LogP contribution in [0.15, 0.2) is 40.3 Å². The van der Waals surface area contributed by atoms with Gasteiger partial charge in [0, 0.05) is 29.2 Å². The number of thiazole rings is 1. The molecule has 0 fully saturated rings. The molecule has 1 aliphatic carbocycles. The fourth-order valence-corrected chi connectivity index (χ4v) is 4.95. The molecule has 1 aromatic carbocycles. The third-order valence-electron chi connectivity index (χ3n) is 4.26. The summed E-state index contributed by atoms with van der Waals surface area (Å²) in [5, 5.41) is 4.10.